The van der Waals surface area contributed by atoms with E-state index < -0.39 is 0 Å². The summed E-state index contributed by atoms with van der Waals surface area (Å²) < 4.78 is 11.2. The van der Waals surface area contributed by atoms with Crippen molar-refractivity contribution in [2.75, 3.05) is 6.61 Å². The summed E-state index contributed by atoms with van der Waals surface area (Å²) in [5.41, 5.74) is 6.33. The van der Waals surface area contributed by atoms with Gasteiger partial charge in [0.25, 0.3) is 0 Å². The number of amides is 1. The van der Waals surface area contributed by atoms with Gasteiger partial charge >= 0.3 is 0 Å². The Balaban J connectivity index is 1.87. The lowest BCUT2D eigenvalue weighted by molar-refractivity contribution is -0.211. The molecule has 1 aliphatic rings. The maximum Gasteiger partial charge on any atom is 0.220 e. The van der Waals surface area contributed by atoms with Crippen LogP contribution in [0.25, 0.3) is 0 Å². The maximum absolute atomic E-state index is 10.8. The monoisotopic (exact) mass is 235 g/mol. The highest BCUT2D eigenvalue weighted by Crippen LogP contribution is 2.18. The second-order valence-electron chi connectivity index (χ2n) is 4.21. The Morgan fingerprint density at radius 1 is 1.35 bits per heavy atom. The van der Waals surface area contributed by atoms with Crippen LogP contribution in [0, 0.1) is 0 Å². The number of carbonyl (C=O) groups is 1. The minimum Gasteiger partial charge on any atom is -0.370 e. The van der Waals surface area contributed by atoms with Crippen LogP contribution in [0.5, 0.6) is 0 Å². The molecular weight excluding hydrogens is 218 g/mol. The van der Waals surface area contributed by atoms with E-state index in [1.807, 2.05) is 30.3 Å². The van der Waals surface area contributed by atoms with Gasteiger partial charge in [-0.05, 0) is 12.0 Å². The van der Waals surface area contributed by atoms with Crippen LogP contribution in [0.3, 0.4) is 0 Å². The molecule has 2 atom stereocenters. The van der Waals surface area contributed by atoms with E-state index in [9.17, 15) is 4.79 Å². The molecule has 1 amide bonds. The van der Waals surface area contributed by atoms with Crippen molar-refractivity contribution in [2.24, 2.45) is 5.73 Å². The van der Waals surface area contributed by atoms with E-state index in [4.69, 9.17) is 15.2 Å². The molecule has 2 rings (SSSR count). The van der Waals surface area contributed by atoms with Gasteiger partial charge in [-0.3, -0.25) is 4.79 Å². The van der Waals surface area contributed by atoms with Crippen LogP contribution < -0.4 is 5.73 Å². The fourth-order valence-electron chi connectivity index (χ4n) is 1.94. The summed E-state index contributed by atoms with van der Waals surface area (Å²) in [6, 6.07) is 10.0. The Hall–Kier alpha value is -1.39. The minimum atomic E-state index is -0.324. The minimum absolute atomic E-state index is 0.102. The summed E-state index contributed by atoms with van der Waals surface area (Å²) in [5, 5.41) is 0. The van der Waals surface area contributed by atoms with E-state index in [0.29, 0.717) is 13.0 Å². The second kappa shape index (κ2) is 5.80. The molecule has 0 saturated carbocycles. The van der Waals surface area contributed by atoms with Gasteiger partial charge in [0.05, 0.1) is 19.1 Å². The number of rotatable bonds is 4. The normalized spacial score (nSPS) is 24.5. The Kier molecular flexibility index (Phi) is 4.12. The molecule has 1 aliphatic heterocycles. The summed E-state index contributed by atoms with van der Waals surface area (Å²) in [4.78, 5) is 10.8. The first-order valence-electron chi connectivity index (χ1n) is 5.83. The van der Waals surface area contributed by atoms with Crippen molar-refractivity contribution in [3.8, 4) is 0 Å². The molecule has 92 valence electrons. The van der Waals surface area contributed by atoms with E-state index in [1.165, 1.54) is 0 Å². The highest BCUT2D eigenvalue weighted by Gasteiger charge is 2.24. The molecule has 1 heterocycles. The number of hydrogen-bond acceptors (Lipinski definition) is 3. The third-order valence-corrected chi connectivity index (χ3v) is 2.76. The fraction of sp³-hybridized carbons (Fsp3) is 0.462. The first-order chi connectivity index (χ1) is 8.24. The van der Waals surface area contributed by atoms with Crippen molar-refractivity contribution in [3.63, 3.8) is 0 Å². The van der Waals surface area contributed by atoms with Gasteiger partial charge in [0.2, 0.25) is 5.91 Å². The van der Waals surface area contributed by atoms with E-state index >= 15 is 0 Å². The first kappa shape index (κ1) is 12.1. The summed E-state index contributed by atoms with van der Waals surface area (Å²) in [7, 11) is 0. The van der Waals surface area contributed by atoms with Crippen LogP contribution in [0.2, 0.25) is 0 Å². The predicted molar refractivity (Wildman–Crippen MR) is 63.2 cm³/mol. The molecule has 0 aliphatic carbocycles. The van der Waals surface area contributed by atoms with E-state index in [1.54, 1.807) is 0 Å². The van der Waals surface area contributed by atoms with Crippen LogP contribution in [0.4, 0.5) is 0 Å². The molecule has 1 fully saturated rings. The third kappa shape index (κ3) is 3.84. The SMILES string of the molecule is NC(=O)CC1CCOC(Cc2ccccc2)O1. The van der Waals surface area contributed by atoms with Crippen molar-refractivity contribution < 1.29 is 14.3 Å². The predicted octanol–water partition coefficient (Wildman–Crippen LogP) is 1.24. The highest BCUT2D eigenvalue weighted by molar-refractivity contribution is 5.74. The van der Waals surface area contributed by atoms with Crippen LogP contribution in [0.1, 0.15) is 18.4 Å². The van der Waals surface area contributed by atoms with Crippen LogP contribution in [-0.2, 0) is 20.7 Å². The lowest BCUT2D eigenvalue weighted by Gasteiger charge is -2.29. The molecule has 0 spiro atoms. The Labute approximate surface area is 101 Å². The number of ether oxygens (including phenoxy) is 2. The van der Waals surface area contributed by atoms with Gasteiger partial charge in [0.15, 0.2) is 6.29 Å². The van der Waals surface area contributed by atoms with Gasteiger partial charge in [-0.15, -0.1) is 0 Å². The van der Waals surface area contributed by atoms with Gasteiger partial charge in [0, 0.05) is 6.42 Å². The molecule has 2 N–H and O–H groups in total. The largest absolute Gasteiger partial charge is 0.370 e. The first-order valence-corrected chi connectivity index (χ1v) is 5.83. The third-order valence-electron chi connectivity index (χ3n) is 2.76. The van der Waals surface area contributed by atoms with Gasteiger partial charge in [-0.2, -0.15) is 0 Å². The summed E-state index contributed by atoms with van der Waals surface area (Å²) >= 11 is 0. The van der Waals surface area contributed by atoms with Crippen molar-refractivity contribution in [3.05, 3.63) is 35.9 Å². The zero-order valence-electron chi connectivity index (χ0n) is 9.67. The Morgan fingerprint density at radius 3 is 2.82 bits per heavy atom. The average Bonchev–Trinajstić information content (AvgIpc) is 2.30. The Bertz CT molecular complexity index is 366. The molecule has 4 nitrogen and oxygen atoms in total. The molecule has 1 aromatic carbocycles. The number of nitrogens with two attached hydrogens (primary N) is 1. The highest BCUT2D eigenvalue weighted by atomic mass is 16.7. The number of carbonyl (C=O) groups excluding carboxylic acids is 1. The molecule has 1 saturated heterocycles. The number of benzene rings is 1. The lowest BCUT2D eigenvalue weighted by Crippen LogP contribution is -2.36. The average molecular weight is 235 g/mol. The van der Waals surface area contributed by atoms with Gasteiger partial charge in [-0.25, -0.2) is 0 Å². The fourth-order valence-corrected chi connectivity index (χ4v) is 1.94. The molecule has 4 heteroatoms. The van der Waals surface area contributed by atoms with E-state index in [-0.39, 0.29) is 24.7 Å². The molecule has 1 aromatic rings. The smallest absolute Gasteiger partial charge is 0.220 e. The van der Waals surface area contributed by atoms with Crippen LogP contribution >= 0.6 is 0 Å². The summed E-state index contributed by atoms with van der Waals surface area (Å²) in [6.07, 6.45) is 1.34. The van der Waals surface area contributed by atoms with E-state index in [0.717, 1.165) is 12.0 Å². The lowest BCUT2D eigenvalue weighted by atomic mass is 10.1. The molecule has 0 aromatic heterocycles. The van der Waals surface area contributed by atoms with Crippen molar-refractivity contribution in [1.29, 1.82) is 0 Å². The molecular formula is C13H17NO3. The summed E-state index contributed by atoms with van der Waals surface area (Å²) in [5.74, 6) is -0.324. The number of primary amides is 1. The van der Waals surface area contributed by atoms with Gasteiger partial charge < -0.3 is 15.2 Å². The second-order valence-corrected chi connectivity index (χ2v) is 4.21. The van der Waals surface area contributed by atoms with Crippen molar-refractivity contribution in [2.45, 2.75) is 31.7 Å². The van der Waals surface area contributed by atoms with Crippen molar-refractivity contribution >= 4 is 5.91 Å². The Morgan fingerprint density at radius 2 is 2.12 bits per heavy atom. The summed E-state index contributed by atoms with van der Waals surface area (Å²) in [6.45, 7) is 0.620. The van der Waals surface area contributed by atoms with E-state index in [2.05, 4.69) is 0 Å². The van der Waals surface area contributed by atoms with Crippen LogP contribution in [0.15, 0.2) is 30.3 Å². The molecule has 0 bridgehead atoms. The zero-order chi connectivity index (χ0) is 12.1. The van der Waals surface area contributed by atoms with Crippen LogP contribution in [-0.4, -0.2) is 24.9 Å². The molecule has 17 heavy (non-hydrogen) atoms. The maximum atomic E-state index is 10.8. The molecule has 2 unspecified atom stereocenters. The zero-order valence-corrected chi connectivity index (χ0v) is 9.67. The van der Waals surface area contributed by atoms with Gasteiger partial charge in [-0.1, -0.05) is 30.3 Å². The quantitative estimate of drug-likeness (QED) is 0.854. The molecule has 0 radical (unpaired) electrons. The van der Waals surface area contributed by atoms with Crippen molar-refractivity contribution in [1.82, 2.24) is 0 Å². The standard InChI is InChI=1S/C13H17NO3/c14-12(15)9-11-6-7-16-13(17-11)8-10-4-2-1-3-5-10/h1-5,11,13H,6-9H2,(H2,14,15). The van der Waals surface area contributed by atoms with Gasteiger partial charge in [0.1, 0.15) is 0 Å². The topological polar surface area (TPSA) is 61.6 Å². The number of hydrogen-bond donors (Lipinski definition) is 1.